The minimum atomic E-state index is -4.47. The molecule has 0 radical (unpaired) electrons. The van der Waals surface area contributed by atoms with E-state index in [2.05, 4.69) is 10.3 Å². The molecule has 1 aliphatic rings. The number of carbonyl (C=O) groups excluding carboxylic acids is 1. The van der Waals surface area contributed by atoms with Gasteiger partial charge < -0.3 is 10.6 Å². The smallest absolute Gasteiger partial charge is 0.329 e. The third kappa shape index (κ3) is 4.38. The Hall–Kier alpha value is -3.53. The highest BCUT2D eigenvalue weighted by molar-refractivity contribution is 5.90. The van der Waals surface area contributed by atoms with Crippen molar-refractivity contribution in [2.45, 2.75) is 12.3 Å². The molecule has 0 aliphatic carbocycles. The van der Waals surface area contributed by atoms with Crippen molar-refractivity contribution < 1.29 is 22.8 Å². The summed E-state index contributed by atoms with van der Waals surface area (Å²) in [6, 6.07) is 9.72. The Balaban J connectivity index is 1.53. The number of imidazole rings is 1. The summed E-state index contributed by atoms with van der Waals surface area (Å²) < 4.78 is 38.6. The highest BCUT2D eigenvalue weighted by Crippen LogP contribution is 2.28. The van der Waals surface area contributed by atoms with Crippen LogP contribution >= 0.6 is 0 Å². The molecule has 30 heavy (non-hydrogen) atoms. The normalized spacial score (nSPS) is 16.3. The van der Waals surface area contributed by atoms with Crippen molar-refractivity contribution in [1.82, 2.24) is 19.8 Å². The number of nitrogens with zero attached hydrogens (tertiary/aromatic N) is 3. The molecule has 156 valence electrons. The molecule has 7 nitrogen and oxygen atoms in total. The number of carbonyl (C=O) groups is 1. The number of hydrogen-bond acceptors (Lipinski definition) is 4. The van der Waals surface area contributed by atoms with Gasteiger partial charge in [0.15, 0.2) is 0 Å². The maximum atomic E-state index is 12.2. The first-order valence-electron chi connectivity index (χ1n) is 9.05. The standard InChI is InChI=1S/C20H18F3N5O2/c1-27-7-6-17(30-27)14-5-8-28-16(11-24-18(28)10-14)13-3-2-4-15(9-13)26-19(29)25-12-20(21,22)23/h2-11,17H,12H2,1H3,(H2,25,26,29). The summed E-state index contributed by atoms with van der Waals surface area (Å²) in [7, 11) is 1.81. The largest absolute Gasteiger partial charge is 0.405 e. The van der Waals surface area contributed by atoms with Crippen LogP contribution in [0.4, 0.5) is 23.7 Å². The summed E-state index contributed by atoms with van der Waals surface area (Å²) in [4.78, 5) is 21.8. The number of anilines is 1. The van der Waals surface area contributed by atoms with Crippen LogP contribution in [0.3, 0.4) is 0 Å². The second-order valence-electron chi connectivity index (χ2n) is 6.75. The zero-order chi connectivity index (χ0) is 21.3. The van der Waals surface area contributed by atoms with Gasteiger partial charge in [-0.1, -0.05) is 12.1 Å². The average molecular weight is 417 g/mol. The van der Waals surface area contributed by atoms with Crippen molar-refractivity contribution in [2.75, 3.05) is 18.9 Å². The monoisotopic (exact) mass is 417 g/mol. The molecule has 0 saturated carbocycles. The lowest BCUT2D eigenvalue weighted by molar-refractivity contribution is -0.122. The number of rotatable bonds is 4. The van der Waals surface area contributed by atoms with Gasteiger partial charge in [-0.15, -0.1) is 0 Å². The van der Waals surface area contributed by atoms with Crippen LogP contribution in [0.1, 0.15) is 11.7 Å². The van der Waals surface area contributed by atoms with Crippen LogP contribution in [0.25, 0.3) is 16.9 Å². The Bertz CT molecular complexity index is 1110. The minimum Gasteiger partial charge on any atom is -0.329 e. The lowest BCUT2D eigenvalue weighted by Crippen LogP contribution is -2.36. The van der Waals surface area contributed by atoms with Crippen molar-refractivity contribution in [3.05, 3.63) is 66.6 Å². The predicted molar refractivity (Wildman–Crippen MR) is 104 cm³/mol. The molecule has 2 amide bonds. The van der Waals surface area contributed by atoms with E-state index in [1.165, 1.54) is 0 Å². The predicted octanol–water partition coefficient (Wildman–Crippen LogP) is 4.12. The van der Waals surface area contributed by atoms with Crippen molar-refractivity contribution in [2.24, 2.45) is 0 Å². The quantitative estimate of drug-likeness (QED) is 0.670. The van der Waals surface area contributed by atoms with E-state index in [1.807, 2.05) is 48.1 Å². The van der Waals surface area contributed by atoms with Crippen molar-refractivity contribution >= 4 is 17.4 Å². The van der Waals surface area contributed by atoms with E-state index in [0.29, 0.717) is 5.69 Å². The average Bonchev–Trinajstić information content (AvgIpc) is 3.32. The van der Waals surface area contributed by atoms with Crippen molar-refractivity contribution in [3.63, 3.8) is 0 Å². The Labute approximate surface area is 169 Å². The van der Waals surface area contributed by atoms with Gasteiger partial charge in [0.2, 0.25) is 0 Å². The van der Waals surface area contributed by atoms with E-state index in [0.717, 1.165) is 22.5 Å². The van der Waals surface area contributed by atoms with Gasteiger partial charge in [0.1, 0.15) is 18.3 Å². The topological polar surface area (TPSA) is 70.9 Å². The third-order valence-electron chi connectivity index (χ3n) is 4.48. The van der Waals surface area contributed by atoms with Crippen LogP contribution < -0.4 is 10.6 Å². The third-order valence-corrected chi connectivity index (χ3v) is 4.48. The molecular formula is C20H18F3N5O2. The molecule has 4 rings (SSSR count). The number of aromatic nitrogens is 2. The van der Waals surface area contributed by atoms with Gasteiger partial charge in [-0.2, -0.15) is 13.2 Å². The molecule has 3 heterocycles. The summed E-state index contributed by atoms with van der Waals surface area (Å²) in [6.45, 7) is -1.40. The maximum absolute atomic E-state index is 12.2. The number of halogens is 3. The molecule has 1 unspecified atom stereocenters. The second kappa shape index (κ2) is 7.71. The maximum Gasteiger partial charge on any atom is 0.405 e. The Morgan fingerprint density at radius 2 is 2.10 bits per heavy atom. The number of alkyl halides is 3. The molecule has 0 spiro atoms. The molecule has 0 bridgehead atoms. The number of hydrogen-bond donors (Lipinski definition) is 2. The first-order chi connectivity index (χ1) is 14.3. The highest BCUT2D eigenvalue weighted by atomic mass is 19.4. The zero-order valence-electron chi connectivity index (χ0n) is 15.8. The molecule has 0 fully saturated rings. The summed E-state index contributed by atoms with van der Waals surface area (Å²) >= 11 is 0. The molecule has 2 aromatic heterocycles. The van der Waals surface area contributed by atoms with E-state index in [-0.39, 0.29) is 6.10 Å². The summed E-state index contributed by atoms with van der Waals surface area (Å²) in [6.07, 6.45) is 2.70. The van der Waals surface area contributed by atoms with E-state index < -0.39 is 18.8 Å². The number of hydroxylamine groups is 2. The molecule has 2 N–H and O–H groups in total. The molecule has 1 aromatic carbocycles. The van der Waals surface area contributed by atoms with E-state index >= 15 is 0 Å². The van der Waals surface area contributed by atoms with Gasteiger partial charge in [0.05, 0.1) is 11.9 Å². The van der Waals surface area contributed by atoms with Gasteiger partial charge in [0.25, 0.3) is 0 Å². The first-order valence-corrected chi connectivity index (χ1v) is 9.05. The van der Waals surface area contributed by atoms with Crippen LogP contribution in [-0.2, 0) is 4.84 Å². The van der Waals surface area contributed by atoms with E-state index in [1.54, 1.807) is 34.8 Å². The minimum absolute atomic E-state index is 0.178. The summed E-state index contributed by atoms with van der Waals surface area (Å²) in [5.74, 6) is 0. The molecule has 3 aromatic rings. The van der Waals surface area contributed by atoms with Crippen LogP contribution in [-0.4, -0.2) is 40.2 Å². The molecular weight excluding hydrogens is 399 g/mol. The van der Waals surface area contributed by atoms with Gasteiger partial charge in [0, 0.05) is 30.7 Å². The fraction of sp³-hybridized carbons (Fsp3) is 0.200. The first kappa shape index (κ1) is 19.8. The van der Waals surface area contributed by atoms with Crippen LogP contribution in [0.15, 0.2) is 61.1 Å². The molecule has 10 heteroatoms. The fourth-order valence-electron chi connectivity index (χ4n) is 3.12. The van der Waals surface area contributed by atoms with Crippen LogP contribution in [0.5, 0.6) is 0 Å². The Morgan fingerprint density at radius 3 is 2.83 bits per heavy atom. The summed E-state index contributed by atoms with van der Waals surface area (Å²) in [5.41, 5.74) is 3.56. The number of nitrogens with one attached hydrogen (secondary N) is 2. The zero-order valence-corrected chi connectivity index (χ0v) is 15.8. The lowest BCUT2D eigenvalue weighted by atomic mass is 10.1. The number of benzene rings is 1. The number of pyridine rings is 1. The Morgan fingerprint density at radius 1 is 1.27 bits per heavy atom. The van der Waals surface area contributed by atoms with Crippen LogP contribution in [0.2, 0.25) is 0 Å². The Kier molecular flexibility index (Phi) is 5.08. The SMILES string of the molecule is CN1C=CC(c2ccn3c(-c4cccc(NC(=O)NCC(F)(F)F)c4)cnc3c2)O1. The van der Waals surface area contributed by atoms with Crippen LogP contribution in [0, 0.1) is 0 Å². The van der Waals surface area contributed by atoms with Gasteiger partial charge >= 0.3 is 12.2 Å². The second-order valence-corrected chi connectivity index (χ2v) is 6.75. The van der Waals surface area contributed by atoms with E-state index in [4.69, 9.17) is 4.84 Å². The van der Waals surface area contributed by atoms with Gasteiger partial charge in [-0.3, -0.25) is 14.3 Å². The highest BCUT2D eigenvalue weighted by Gasteiger charge is 2.27. The van der Waals surface area contributed by atoms with Crippen molar-refractivity contribution in [1.29, 1.82) is 0 Å². The number of fused-ring (bicyclic) bond motifs is 1. The lowest BCUT2D eigenvalue weighted by Gasteiger charge is -2.13. The van der Waals surface area contributed by atoms with E-state index in [9.17, 15) is 18.0 Å². The van der Waals surface area contributed by atoms with Gasteiger partial charge in [-0.05, 0) is 35.9 Å². The van der Waals surface area contributed by atoms with Gasteiger partial charge in [-0.25, -0.2) is 9.78 Å². The summed E-state index contributed by atoms with van der Waals surface area (Å²) in [5, 5.41) is 5.82. The van der Waals surface area contributed by atoms with Crippen molar-refractivity contribution in [3.8, 4) is 11.3 Å². The molecule has 1 atom stereocenters. The molecule has 0 saturated heterocycles. The number of urea groups is 1. The number of amides is 2. The molecule has 1 aliphatic heterocycles. The fourth-order valence-corrected chi connectivity index (χ4v) is 3.12.